The van der Waals surface area contributed by atoms with Crippen molar-refractivity contribution in [1.29, 1.82) is 0 Å². The van der Waals surface area contributed by atoms with Gasteiger partial charge in [0.15, 0.2) is 5.82 Å². The highest BCUT2D eigenvalue weighted by Crippen LogP contribution is 2.21. The Labute approximate surface area is 203 Å². The van der Waals surface area contributed by atoms with Crippen LogP contribution in [0.4, 0.5) is 11.4 Å². The number of aromatic nitrogens is 1. The highest BCUT2D eigenvalue weighted by molar-refractivity contribution is 5.86. The number of hydrogen-bond acceptors (Lipinski definition) is 7. The molecule has 4 aromatic rings. The molecule has 8 nitrogen and oxygen atoms in total. The van der Waals surface area contributed by atoms with E-state index < -0.39 is 11.0 Å². The molecule has 0 aliphatic carbocycles. The summed E-state index contributed by atoms with van der Waals surface area (Å²) in [4.78, 5) is 14.7. The fourth-order valence-electron chi connectivity index (χ4n) is 3.70. The third-order valence-electron chi connectivity index (χ3n) is 5.49. The zero-order valence-corrected chi connectivity index (χ0v) is 19.1. The first-order valence-electron chi connectivity index (χ1n) is 11.3. The summed E-state index contributed by atoms with van der Waals surface area (Å²) in [6, 6.07) is 25.1. The van der Waals surface area contributed by atoms with Crippen molar-refractivity contribution in [3.8, 4) is 0 Å². The zero-order chi connectivity index (χ0) is 24.5. The first-order chi connectivity index (χ1) is 17.1. The number of aliphatic hydroxyl groups excluding tert-OH is 1. The Morgan fingerprint density at radius 1 is 0.971 bits per heavy atom. The molecule has 0 bridgehead atoms. The van der Waals surface area contributed by atoms with Gasteiger partial charge in [-0.1, -0.05) is 48.5 Å². The quantitative estimate of drug-likeness (QED) is 0.143. The number of fused-ring (bicyclic) bond motifs is 1. The lowest BCUT2D eigenvalue weighted by Crippen LogP contribution is -2.23. The van der Waals surface area contributed by atoms with Crippen molar-refractivity contribution in [3.05, 3.63) is 125 Å². The lowest BCUT2D eigenvalue weighted by atomic mass is 10.1. The zero-order valence-electron chi connectivity index (χ0n) is 19.1. The Hall–Kier alpha value is -4.27. The van der Waals surface area contributed by atoms with Gasteiger partial charge in [-0.05, 0) is 59.6 Å². The van der Waals surface area contributed by atoms with E-state index in [4.69, 9.17) is 0 Å². The van der Waals surface area contributed by atoms with E-state index in [0.717, 1.165) is 45.9 Å². The van der Waals surface area contributed by atoms with Gasteiger partial charge in [0.05, 0.1) is 11.0 Å². The second kappa shape index (κ2) is 11.7. The molecule has 1 aromatic heterocycles. The SMILES string of the molecule is O=[N+]([O-])/C=C(\Nc1ccc(CCNCC(O)c2cccnc2)cc1)Nc1ccc2ccccc2c1. The Kier molecular flexibility index (Phi) is 8.00. The minimum atomic E-state index is -0.600. The summed E-state index contributed by atoms with van der Waals surface area (Å²) in [6.07, 6.45) is 4.44. The Balaban J connectivity index is 1.31. The number of rotatable bonds is 11. The van der Waals surface area contributed by atoms with Crippen molar-refractivity contribution in [2.45, 2.75) is 12.5 Å². The van der Waals surface area contributed by atoms with Gasteiger partial charge in [-0.15, -0.1) is 0 Å². The normalized spacial score (nSPS) is 12.3. The molecule has 0 aliphatic heterocycles. The van der Waals surface area contributed by atoms with Crippen LogP contribution in [0.5, 0.6) is 0 Å². The predicted octanol–water partition coefficient (Wildman–Crippen LogP) is 4.70. The molecule has 4 rings (SSSR count). The van der Waals surface area contributed by atoms with Gasteiger partial charge in [-0.25, -0.2) is 0 Å². The van der Waals surface area contributed by atoms with Crippen LogP contribution in [-0.2, 0) is 6.42 Å². The fourth-order valence-corrected chi connectivity index (χ4v) is 3.70. The van der Waals surface area contributed by atoms with Crippen LogP contribution in [0.3, 0.4) is 0 Å². The average Bonchev–Trinajstić information content (AvgIpc) is 2.87. The largest absolute Gasteiger partial charge is 0.387 e. The molecule has 4 N–H and O–H groups in total. The van der Waals surface area contributed by atoms with E-state index in [1.54, 1.807) is 18.5 Å². The molecule has 0 fully saturated rings. The van der Waals surface area contributed by atoms with E-state index in [-0.39, 0.29) is 5.82 Å². The van der Waals surface area contributed by atoms with Gasteiger partial charge in [0.25, 0.3) is 6.20 Å². The van der Waals surface area contributed by atoms with E-state index in [0.29, 0.717) is 13.1 Å². The van der Waals surface area contributed by atoms with Gasteiger partial charge < -0.3 is 21.1 Å². The van der Waals surface area contributed by atoms with E-state index in [1.807, 2.05) is 72.8 Å². The first kappa shape index (κ1) is 23.9. The number of nitrogens with zero attached hydrogens (tertiary/aromatic N) is 2. The molecule has 0 aliphatic rings. The number of aliphatic hydroxyl groups is 1. The van der Waals surface area contributed by atoms with Crippen LogP contribution < -0.4 is 16.0 Å². The van der Waals surface area contributed by atoms with Crippen LogP contribution in [0.2, 0.25) is 0 Å². The number of benzene rings is 3. The van der Waals surface area contributed by atoms with Gasteiger partial charge >= 0.3 is 0 Å². The lowest BCUT2D eigenvalue weighted by Gasteiger charge is -2.13. The standard InChI is InChI=1S/C27H27N5O3/c33-26(23-6-3-14-28-17-23)18-29-15-13-20-7-10-24(11-8-20)30-27(19-32(34)35)31-25-12-9-21-4-1-2-5-22(21)16-25/h1-12,14,16-17,19,26,29-31,33H,13,15,18H2/b27-19+. The van der Waals surface area contributed by atoms with Crippen molar-refractivity contribution >= 4 is 22.1 Å². The monoisotopic (exact) mass is 469 g/mol. The first-order valence-corrected chi connectivity index (χ1v) is 11.3. The number of hydrogen-bond donors (Lipinski definition) is 4. The van der Waals surface area contributed by atoms with Gasteiger partial charge in [-0.2, -0.15) is 0 Å². The van der Waals surface area contributed by atoms with E-state index in [2.05, 4.69) is 20.9 Å². The van der Waals surface area contributed by atoms with Crippen LogP contribution in [-0.4, -0.2) is 28.1 Å². The minimum Gasteiger partial charge on any atom is -0.387 e. The highest BCUT2D eigenvalue weighted by atomic mass is 16.6. The summed E-state index contributed by atoms with van der Waals surface area (Å²) in [6.45, 7) is 1.15. The maximum atomic E-state index is 11.2. The molecule has 0 amide bonds. The van der Waals surface area contributed by atoms with E-state index in [1.165, 1.54) is 0 Å². The van der Waals surface area contributed by atoms with E-state index in [9.17, 15) is 15.2 Å². The van der Waals surface area contributed by atoms with Gasteiger partial charge in [0.2, 0.25) is 0 Å². The maximum absolute atomic E-state index is 11.2. The molecule has 1 unspecified atom stereocenters. The summed E-state index contributed by atoms with van der Waals surface area (Å²) < 4.78 is 0. The van der Waals surface area contributed by atoms with Crippen molar-refractivity contribution < 1.29 is 10.0 Å². The van der Waals surface area contributed by atoms with Gasteiger partial charge in [0.1, 0.15) is 0 Å². The molecule has 0 saturated carbocycles. The molecule has 35 heavy (non-hydrogen) atoms. The van der Waals surface area contributed by atoms with Crippen LogP contribution in [0, 0.1) is 10.1 Å². The molecule has 1 atom stereocenters. The Morgan fingerprint density at radius 2 is 1.71 bits per heavy atom. The molecule has 0 spiro atoms. The second-order valence-electron chi connectivity index (χ2n) is 8.09. The predicted molar refractivity (Wildman–Crippen MR) is 138 cm³/mol. The topological polar surface area (TPSA) is 112 Å². The van der Waals surface area contributed by atoms with Crippen molar-refractivity contribution in [2.24, 2.45) is 0 Å². The third kappa shape index (κ3) is 7.10. The second-order valence-corrected chi connectivity index (χ2v) is 8.09. The minimum absolute atomic E-state index is 0.268. The molecule has 0 saturated heterocycles. The highest BCUT2D eigenvalue weighted by Gasteiger charge is 2.08. The maximum Gasteiger partial charge on any atom is 0.274 e. The number of pyridine rings is 1. The molecule has 0 radical (unpaired) electrons. The molecule has 8 heteroatoms. The van der Waals surface area contributed by atoms with Gasteiger partial charge in [-0.3, -0.25) is 15.1 Å². The fraction of sp³-hybridized carbons (Fsp3) is 0.148. The van der Waals surface area contributed by atoms with Crippen LogP contribution in [0.15, 0.2) is 103 Å². The summed E-state index contributed by atoms with van der Waals surface area (Å²) >= 11 is 0. The lowest BCUT2D eigenvalue weighted by molar-refractivity contribution is -0.403. The van der Waals surface area contributed by atoms with Crippen LogP contribution in [0.1, 0.15) is 17.2 Å². The molecule has 178 valence electrons. The molecular formula is C27H27N5O3. The molecular weight excluding hydrogens is 442 g/mol. The molecule has 1 heterocycles. The van der Waals surface area contributed by atoms with Crippen molar-refractivity contribution in [1.82, 2.24) is 10.3 Å². The Morgan fingerprint density at radius 3 is 2.46 bits per heavy atom. The van der Waals surface area contributed by atoms with Crippen LogP contribution >= 0.6 is 0 Å². The van der Waals surface area contributed by atoms with Gasteiger partial charge in [0, 0.05) is 35.9 Å². The van der Waals surface area contributed by atoms with Crippen molar-refractivity contribution in [2.75, 3.05) is 23.7 Å². The van der Waals surface area contributed by atoms with E-state index >= 15 is 0 Å². The number of nitrogens with one attached hydrogen (secondary N) is 3. The third-order valence-corrected chi connectivity index (χ3v) is 5.49. The van der Waals surface area contributed by atoms with Crippen LogP contribution in [0.25, 0.3) is 10.8 Å². The summed E-state index contributed by atoms with van der Waals surface area (Å²) in [7, 11) is 0. The van der Waals surface area contributed by atoms with Crippen molar-refractivity contribution in [3.63, 3.8) is 0 Å². The Bertz CT molecular complexity index is 1290. The number of anilines is 2. The summed E-state index contributed by atoms with van der Waals surface area (Å²) in [5.41, 5.74) is 3.38. The summed E-state index contributed by atoms with van der Waals surface area (Å²) in [5.74, 6) is 0.268. The molecule has 3 aromatic carbocycles. The smallest absolute Gasteiger partial charge is 0.274 e. The summed E-state index contributed by atoms with van der Waals surface area (Å²) in [5, 5.41) is 32.9. The number of nitro groups is 1. The average molecular weight is 470 g/mol.